The van der Waals surface area contributed by atoms with Gasteiger partial charge in [-0.2, -0.15) is 13.2 Å². The number of benzene rings is 2. The molecule has 0 fully saturated rings. The monoisotopic (exact) mass is 400 g/mol. The summed E-state index contributed by atoms with van der Waals surface area (Å²) >= 11 is 0. The van der Waals surface area contributed by atoms with Crippen molar-refractivity contribution in [2.45, 2.75) is 18.8 Å². The van der Waals surface area contributed by atoms with Gasteiger partial charge in [0.05, 0.1) is 18.7 Å². The fourth-order valence-corrected chi connectivity index (χ4v) is 3.82. The predicted octanol–water partition coefficient (Wildman–Crippen LogP) is 4.76. The molecule has 0 N–H and O–H groups in total. The molecule has 7 heteroatoms. The summed E-state index contributed by atoms with van der Waals surface area (Å²) in [6, 6.07) is 16.4. The number of carbonyl (C=O) groups is 1. The van der Waals surface area contributed by atoms with Crippen LogP contribution in [0.5, 0.6) is 5.75 Å². The summed E-state index contributed by atoms with van der Waals surface area (Å²) < 4.78 is 47.1. The van der Waals surface area contributed by atoms with Crippen LogP contribution in [0, 0.1) is 0 Å². The molecule has 1 aromatic heterocycles. The van der Waals surface area contributed by atoms with E-state index in [4.69, 9.17) is 4.74 Å². The first-order chi connectivity index (χ1) is 13.9. The van der Waals surface area contributed by atoms with Crippen LogP contribution in [0.3, 0.4) is 0 Å². The third-order valence-corrected chi connectivity index (χ3v) is 5.17. The van der Waals surface area contributed by atoms with Gasteiger partial charge in [0.2, 0.25) is 0 Å². The molecule has 2 heterocycles. The van der Waals surface area contributed by atoms with Crippen LogP contribution in [0.4, 0.5) is 13.2 Å². The Labute approximate surface area is 166 Å². The van der Waals surface area contributed by atoms with Crippen molar-refractivity contribution in [1.29, 1.82) is 0 Å². The largest absolute Gasteiger partial charge is 0.496 e. The number of nitrogens with zero attached hydrogens (tertiary/aromatic N) is 2. The summed E-state index contributed by atoms with van der Waals surface area (Å²) in [5.74, 6) is -0.749. The van der Waals surface area contributed by atoms with E-state index in [1.807, 2.05) is 48.7 Å². The smallest absolute Gasteiger partial charge is 0.419 e. The Morgan fingerprint density at radius 3 is 2.48 bits per heavy atom. The molecule has 4 rings (SSSR count). The van der Waals surface area contributed by atoms with Crippen LogP contribution in [0.1, 0.15) is 33.2 Å². The molecule has 0 aliphatic carbocycles. The van der Waals surface area contributed by atoms with Crippen LogP contribution in [0.15, 0.2) is 66.9 Å². The van der Waals surface area contributed by atoms with Crippen LogP contribution in [0.2, 0.25) is 0 Å². The van der Waals surface area contributed by atoms with Crippen molar-refractivity contribution in [3.8, 4) is 5.75 Å². The number of carbonyl (C=O) groups excluding carboxylic acids is 1. The van der Waals surface area contributed by atoms with Gasteiger partial charge in [0.1, 0.15) is 5.75 Å². The molecule has 0 radical (unpaired) electrons. The highest BCUT2D eigenvalue weighted by Gasteiger charge is 2.37. The van der Waals surface area contributed by atoms with Gasteiger partial charge < -0.3 is 14.2 Å². The first-order valence-corrected chi connectivity index (χ1v) is 9.16. The Morgan fingerprint density at radius 2 is 1.79 bits per heavy atom. The first-order valence-electron chi connectivity index (χ1n) is 9.16. The normalized spacial score (nSPS) is 16.4. The number of alkyl halides is 3. The molecule has 3 aromatic rings. The number of ether oxygens (including phenoxy) is 1. The third-order valence-electron chi connectivity index (χ3n) is 5.17. The summed E-state index contributed by atoms with van der Waals surface area (Å²) in [4.78, 5) is 14.9. The minimum Gasteiger partial charge on any atom is -0.496 e. The number of hydrogen-bond donors (Lipinski definition) is 0. The zero-order chi connectivity index (χ0) is 20.6. The molecule has 1 atom stereocenters. The molecular formula is C22H19F3N2O2. The predicted molar refractivity (Wildman–Crippen MR) is 102 cm³/mol. The second-order valence-corrected chi connectivity index (χ2v) is 6.85. The fraction of sp³-hybridized carbons (Fsp3) is 0.227. The van der Waals surface area contributed by atoms with Crippen molar-refractivity contribution in [1.82, 2.24) is 9.47 Å². The maximum Gasteiger partial charge on any atom is 0.419 e. The molecule has 150 valence electrons. The van der Waals surface area contributed by atoms with E-state index in [9.17, 15) is 18.0 Å². The Morgan fingerprint density at radius 1 is 1.03 bits per heavy atom. The van der Waals surface area contributed by atoms with Crippen molar-refractivity contribution in [2.75, 3.05) is 13.7 Å². The van der Waals surface area contributed by atoms with Crippen molar-refractivity contribution in [2.24, 2.45) is 0 Å². The number of fused-ring (bicyclic) bond motifs is 1. The second-order valence-electron chi connectivity index (χ2n) is 6.85. The number of methoxy groups -OCH3 is 1. The van der Waals surface area contributed by atoms with Crippen molar-refractivity contribution >= 4 is 5.91 Å². The number of hydrogen-bond acceptors (Lipinski definition) is 2. The van der Waals surface area contributed by atoms with E-state index < -0.39 is 17.6 Å². The summed E-state index contributed by atoms with van der Waals surface area (Å²) in [7, 11) is 1.18. The van der Waals surface area contributed by atoms with Crippen molar-refractivity contribution in [3.63, 3.8) is 0 Å². The average Bonchev–Trinajstić information content (AvgIpc) is 3.21. The molecule has 0 saturated carbocycles. The van der Waals surface area contributed by atoms with E-state index in [0.717, 1.165) is 17.3 Å². The fourth-order valence-electron chi connectivity index (χ4n) is 3.82. The quantitative estimate of drug-likeness (QED) is 0.635. The van der Waals surface area contributed by atoms with E-state index in [0.29, 0.717) is 13.1 Å². The van der Waals surface area contributed by atoms with E-state index in [1.165, 1.54) is 19.2 Å². The molecule has 2 aromatic carbocycles. The van der Waals surface area contributed by atoms with Gasteiger partial charge in [0, 0.05) is 30.5 Å². The lowest BCUT2D eigenvalue weighted by Crippen LogP contribution is -2.42. The van der Waals surface area contributed by atoms with Crippen molar-refractivity contribution in [3.05, 3.63) is 89.2 Å². The Balaban J connectivity index is 1.76. The summed E-state index contributed by atoms with van der Waals surface area (Å²) in [5.41, 5.74) is 0.868. The molecular weight excluding hydrogens is 381 g/mol. The van der Waals surface area contributed by atoms with Gasteiger partial charge in [-0.3, -0.25) is 4.79 Å². The van der Waals surface area contributed by atoms with Crippen LogP contribution < -0.4 is 4.74 Å². The molecule has 0 bridgehead atoms. The van der Waals surface area contributed by atoms with Crippen LogP contribution in [-0.2, 0) is 12.7 Å². The minimum atomic E-state index is -4.61. The highest BCUT2D eigenvalue weighted by Crippen LogP contribution is 2.38. The van der Waals surface area contributed by atoms with Gasteiger partial charge in [0.25, 0.3) is 5.91 Å². The topological polar surface area (TPSA) is 34.5 Å². The molecule has 4 nitrogen and oxygen atoms in total. The standard InChI is InChI=1S/C22H19F3N2O2/c1-29-19-10-9-16(14-17(19)22(23,24)25)21(28)27-13-12-26-11-5-8-18(26)20(27)15-6-3-2-4-7-15/h2-11,14,20H,12-13H2,1H3/t20-/m0/s1. The zero-order valence-electron chi connectivity index (χ0n) is 15.7. The Hall–Kier alpha value is -3.22. The lowest BCUT2D eigenvalue weighted by molar-refractivity contribution is -0.138. The van der Waals surface area contributed by atoms with Gasteiger partial charge in [-0.05, 0) is 35.9 Å². The molecule has 0 unspecified atom stereocenters. The Kier molecular flexibility index (Phi) is 4.82. The van der Waals surface area contributed by atoms with E-state index in [-0.39, 0.29) is 17.4 Å². The minimum absolute atomic E-state index is 0.0148. The van der Waals surface area contributed by atoms with Gasteiger partial charge in [-0.1, -0.05) is 30.3 Å². The average molecular weight is 400 g/mol. The van der Waals surface area contributed by atoms with Gasteiger partial charge in [-0.25, -0.2) is 0 Å². The molecule has 1 aliphatic rings. The lowest BCUT2D eigenvalue weighted by Gasteiger charge is -2.37. The lowest BCUT2D eigenvalue weighted by atomic mass is 9.98. The Bertz CT molecular complexity index is 1030. The third kappa shape index (κ3) is 3.48. The van der Waals surface area contributed by atoms with Crippen LogP contribution in [-0.4, -0.2) is 29.0 Å². The molecule has 1 aliphatic heterocycles. The first kappa shape index (κ1) is 19.1. The van der Waals surface area contributed by atoms with Gasteiger partial charge in [-0.15, -0.1) is 0 Å². The summed E-state index contributed by atoms with van der Waals surface area (Å²) in [6.45, 7) is 0.979. The maximum atomic E-state index is 13.4. The van der Waals surface area contributed by atoms with E-state index in [1.54, 1.807) is 4.90 Å². The van der Waals surface area contributed by atoms with Crippen LogP contribution >= 0.6 is 0 Å². The molecule has 0 spiro atoms. The van der Waals surface area contributed by atoms with Gasteiger partial charge in [0.15, 0.2) is 0 Å². The van der Waals surface area contributed by atoms with E-state index in [2.05, 4.69) is 4.57 Å². The van der Waals surface area contributed by atoms with Crippen molar-refractivity contribution < 1.29 is 22.7 Å². The summed E-state index contributed by atoms with van der Waals surface area (Å²) in [5, 5.41) is 0. The number of halogens is 3. The molecule has 1 amide bonds. The zero-order valence-corrected chi connectivity index (χ0v) is 15.7. The highest BCUT2D eigenvalue weighted by molar-refractivity contribution is 5.95. The molecule has 29 heavy (non-hydrogen) atoms. The summed E-state index contributed by atoms with van der Waals surface area (Å²) in [6.07, 6.45) is -2.67. The van der Waals surface area contributed by atoms with E-state index >= 15 is 0 Å². The SMILES string of the molecule is COc1ccc(C(=O)N2CCn3cccc3[C@@H]2c2ccccc2)cc1C(F)(F)F. The number of amides is 1. The highest BCUT2D eigenvalue weighted by atomic mass is 19.4. The molecule has 0 saturated heterocycles. The van der Waals surface area contributed by atoms with Gasteiger partial charge >= 0.3 is 6.18 Å². The number of rotatable bonds is 3. The maximum absolute atomic E-state index is 13.4. The number of aromatic nitrogens is 1. The second kappa shape index (κ2) is 7.31. The van der Waals surface area contributed by atoms with Crippen LogP contribution in [0.25, 0.3) is 0 Å².